The van der Waals surface area contributed by atoms with E-state index in [1.165, 1.54) is 6.07 Å². The van der Waals surface area contributed by atoms with Crippen molar-refractivity contribution in [3.05, 3.63) is 33.4 Å². The first kappa shape index (κ1) is 12.1. The molecule has 0 fully saturated rings. The molecule has 0 aromatic heterocycles. The highest BCUT2D eigenvalue weighted by Crippen LogP contribution is 2.29. The van der Waals surface area contributed by atoms with Crippen molar-refractivity contribution in [1.29, 1.82) is 0 Å². The zero-order valence-corrected chi connectivity index (χ0v) is 8.98. The van der Waals surface area contributed by atoms with Crippen molar-refractivity contribution in [3.8, 4) is 0 Å². The summed E-state index contributed by atoms with van der Waals surface area (Å²) in [4.78, 5) is 21.2. The second-order valence-electron chi connectivity index (χ2n) is 3.36. The molecule has 0 saturated heterocycles. The molecule has 1 rings (SSSR count). The number of nitro benzene ring substituents is 1. The lowest BCUT2D eigenvalue weighted by Crippen LogP contribution is -2.17. The highest BCUT2D eigenvalue weighted by Gasteiger charge is 2.18. The topological polar surface area (TPSA) is 92.5 Å². The molecular formula is C10H12N2O4. The molecule has 1 aromatic rings. The van der Waals surface area contributed by atoms with Crippen molar-refractivity contribution in [1.82, 2.24) is 0 Å². The maximum absolute atomic E-state index is 11.0. The second-order valence-corrected chi connectivity index (χ2v) is 3.36. The molecule has 0 heterocycles. The zero-order chi connectivity index (χ0) is 12.3. The smallest absolute Gasteiger partial charge is 0.293 e. The van der Waals surface area contributed by atoms with Crippen LogP contribution in [0.15, 0.2) is 12.1 Å². The minimum absolute atomic E-state index is 0.143. The van der Waals surface area contributed by atoms with E-state index in [1.54, 1.807) is 19.9 Å². The van der Waals surface area contributed by atoms with E-state index in [9.17, 15) is 14.9 Å². The van der Waals surface area contributed by atoms with Crippen LogP contribution in [0.4, 0.5) is 11.4 Å². The number of benzene rings is 1. The maximum Gasteiger partial charge on any atom is 0.293 e. The summed E-state index contributed by atoms with van der Waals surface area (Å²) >= 11 is 0. The van der Waals surface area contributed by atoms with Gasteiger partial charge < -0.3 is 10.4 Å². The Morgan fingerprint density at radius 2 is 2.12 bits per heavy atom. The van der Waals surface area contributed by atoms with Crippen LogP contribution in [-0.4, -0.2) is 22.5 Å². The molecule has 0 radical (unpaired) electrons. The van der Waals surface area contributed by atoms with Crippen molar-refractivity contribution < 1.29 is 14.8 Å². The summed E-state index contributed by atoms with van der Waals surface area (Å²) in [5, 5.41) is 21.7. The van der Waals surface area contributed by atoms with Crippen LogP contribution in [0.3, 0.4) is 0 Å². The highest BCUT2D eigenvalue weighted by atomic mass is 16.6. The summed E-state index contributed by atoms with van der Waals surface area (Å²) in [5.74, 6) is -0.670. The second kappa shape index (κ2) is 4.71. The average Bonchev–Trinajstić information content (AvgIpc) is 2.24. The number of aliphatic hydroxyl groups is 1. The lowest BCUT2D eigenvalue weighted by molar-refractivity contribution is -0.384. The molecule has 6 nitrogen and oxygen atoms in total. The molecule has 6 heteroatoms. The van der Waals surface area contributed by atoms with Gasteiger partial charge in [-0.25, -0.2) is 0 Å². The summed E-state index contributed by atoms with van der Waals surface area (Å²) in [7, 11) is 0. The van der Waals surface area contributed by atoms with Crippen LogP contribution in [-0.2, 0) is 4.79 Å². The number of amides is 1. The number of aryl methyl sites for hydroxylation is 1. The monoisotopic (exact) mass is 224 g/mol. The van der Waals surface area contributed by atoms with Gasteiger partial charge in [0.2, 0.25) is 5.91 Å². The van der Waals surface area contributed by atoms with E-state index >= 15 is 0 Å². The Bertz CT molecular complexity index is 443. The summed E-state index contributed by atoms with van der Waals surface area (Å²) in [6, 6.07) is 2.94. The lowest BCUT2D eigenvalue weighted by atomic mass is 10.1. The van der Waals surface area contributed by atoms with Gasteiger partial charge in [-0.1, -0.05) is 6.07 Å². The van der Waals surface area contributed by atoms with Crippen LogP contribution in [0.5, 0.6) is 0 Å². The molecule has 0 unspecified atom stereocenters. The van der Waals surface area contributed by atoms with Crippen molar-refractivity contribution in [3.63, 3.8) is 0 Å². The van der Waals surface area contributed by atoms with Crippen molar-refractivity contribution in [2.75, 3.05) is 11.9 Å². The quantitative estimate of drug-likeness (QED) is 0.594. The minimum atomic E-state index is -0.704. The summed E-state index contributed by atoms with van der Waals surface area (Å²) in [5.41, 5.74) is 1.42. The lowest BCUT2D eigenvalue weighted by Gasteiger charge is -2.09. The Hall–Kier alpha value is -1.95. The Morgan fingerprint density at radius 1 is 1.50 bits per heavy atom. The van der Waals surface area contributed by atoms with E-state index in [0.717, 1.165) is 5.56 Å². The van der Waals surface area contributed by atoms with Gasteiger partial charge >= 0.3 is 0 Å². The number of nitrogens with zero attached hydrogens (tertiary/aromatic N) is 1. The van der Waals surface area contributed by atoms with Gasteiger partial charge in [0.15, 0.2) is 0 Å². The van der Waals surface area contributed by atoms with E-state index in [-0.39, 0.29) is 11.4 Å². The van der Waals surface area contributed by atoms with Crippen LogP contribution in [0, 0.1) is 24.0 Å². The van der Waals surface area contributed by atoms with Gasteiger partial charge in [0.25, 0.3) is 5.69 Å². The van der Waals surface area contributed by atoms with Gasteiger partial charge in [-0.15, -0.1) is 0 Å². The fraction of sp³-hybridized carbons (Fsp3) is 0.300. The Balaban J connectivity index is 3.26. The first-order valence-electron chi connectivity index (χ1n) is 4.62. The number of hydrogen-bond donors (Lipinski definition) is 2. The average molecular weight is 224 g/mol. The number of rotatable bonds is 3. The molecule has 2 N–H and O–H groups in total. The van der Waals surface area contributed by atoms with Gasteiger partial charge in [0, 0.05) is 6.07 Å². The third-order valence-electron chi connectivity index (χ3n) is 2.32. The van der Waals surface area contributed by atoms with Crippen molar-refractivity contribution in [2.24, 2.45) is 0 Å². The molecule has 1 amide bonds. The van der Waals surface area contributed by atoms with Gasteiger partial charge in [0.05, 0.1) is 4.92 Å². The summed E-state index contributed by atoms with van der Waals surface area (Å²) in [6.45, 7) is 2.76. The predicted octanol–water partition coefficient (Wildman–Crippen LogP) is 1.14. The predicted molar refractivity (Wildman–Crippen MR) is 58.3 cm³/mol. The summed E-state index contributed by atoms with van der Waals surface area (Å²) in [6.07, 6.45) is 0. The third kappa shape index (κ3) is 2.34. The number of carbonyl (C=O) groups is 1. The van der Waals surface area contributed by atoms with Crippen LogP contribution in [0.25, 0.3) is 0 Å². The van der Waals surface area contributed by atoms with Gasteiger partial charge in [0.1, 0.15) is 12.3 Å². The van der Waals surface area contributed by atoms with E-state index in [1.807, 2.05) is 0 Å². The molecule has 0 bridgehead atoms. The Labute approximate surface area is 92.0 Å². The molecule has 0 spiro atoms. The van der Waals surface area contributed by atoms with E-state index in [4.69, 9.17) is 5.11 Å². The fourth-order valence-corrected chi connectivity index (χ4v) is 1.29. The first-order chi connectivity index (χ1) is 7.47. The minimum Gasteiger partial charge on any atom is -0.387 e. The van der Waals surface area contributed by atoms with E-state index in [2.05, 4.69) is 5.32 Å². The maximum atomic E-state index is 11.0. The van der Waals surface area contributed by atoms with Gasteiger partial charge in [-0.2, -0.15) is 0 Å². The fourth-order valence-electron chi connectivity index (χ4n) is 1.29. The number of nitro groups is 1. The molecule has 0 atom stereocenters. The molecule has 0 aliphatic rings. The largest absolute Gasteiger partial charge is 0.387 e. The van der Waals surface area contributed by atoms with E-state index in [0.29, 0.717) is 5.56 Å². The van der Waals surface area contributed by atoms with Crippen LogP contribution < -0.4 is 5.32 Å². The standard InChI is InChI=1S/C10H12N2O4/c1-6-3-4-8(12(15)16)10(7(6)2)11-9(14)5-13/h3-4,13H,5H2,1-2H3,(H,11,14). The van der Waals surface area contributed by atoms with E-state index < -0.39 is 17.4 Å². The van der Waals surface area contributed by atoms with Crippen LogP contribution in [0.1, 0.15) is 11.1 Å². The third-order valence-corrected chi connectivity index (χ3v) is 2.32. The number of aliphatic hydroxyl groups excluding tert-OH is 1. The normalized spacial score (nSPS) is 9.94. The molecule has 0 aliphatic carbocycles. The Morgan fingerprint density at radius 3 is 2.62 bits per heavy atom. The number of anilines is 1. The first-order valence-corrected chi connectivity index (χ1v) is 4.62. The highest BCUT2D eigenvalue weighted by molar-refractivity contribution is 5.95. The number of nitrogens with one attached hydrogen (secondary N) is 1. The number of hydrogen-bond acceptors (Lipinski definition) is 4. The molecule has 1 aromatic carbocycles. The van der Waals surface area contributed by atoms with Gasteiger partial charge in [-0.05, 0) is 25.0 Å². The molecule has 16 heavy (non-hydrogen) atoms. The Kier molecular flexibility index (Phi) is 3.57. The molecule has 86 valence electrons. The van der Waals surface area contributed by atoms with Crippen molar-refractivity contribution in [2.45, 2.75) is 13.8 Å². The SMILES string of the molecule is Cc1ccc([N+](=O)[O-])c(NC(=O)CO)c1C. The van der Waals surface area contributed by atoms with Crippen LogP contribution in [0.2, 0.25) is 0 Å². The van der Waals surface area contributed by atoms with Crippen molar-refractivity contribution >= 4 is 17.3 Å². The van der Waals surface area contributed by atoms with Gasteiger partial charge in [-0.3, -0.25) is 14.9 Å². The number of carbonyl (C=O) groups excluding carboxylic acids is 1. The molecular weight excluding hydrogens is 212 g/mol. The molecule has 0 saturated carbocycles. The molecule has 0 aliphatic heterocycles. The summed E-state index contributed by atoms with van der Waals surface area (Å²) < 4.78 is 0. The zero-order valence-electron chi connectivity index (χ0n) is 8.98. The van der Waals surface area contributed by atoms with Crippen LogP contribution >= 0.6 is 0 Å².